The summed E-state index contributed by atoms with van der Waals surface area (Å²) in [6, 6.07) is -0.0899. The van der Waals surface area contributed by atoms with Crippen LogP contribution in [0, 0.1) is 17.6 Å². The van der Waals surface area contributed by atoms with Crippen molar-refractivity contribution in [2.75, 3.05) is 0 Å². The second-order valence-corrected chi connectivity index (χ2v) is 6.98. The van der Waals surface area contributed by atoms with E-state index in [0.717, 1.165) is 6.07 Å². The maximum atomic E-state index is 13.6. The molecule has 1 unspecified atom stereocenters. The third-order valence-electron chi connectivity index (χ3n) is 2.87. The van der Waals surface area contributed by atoms with E-state index in [9.17, 15) is 22.0 Å². The van der Waals surface area contributed by atoms with Gasteiger partial charge in [-0.1, -0.05) is 0 Å². The number of halogens is 3. The minimum absolute atomic E-state index is 0.301. The van der Waals surface area contributed by atoms with E-state index in [4.69, 9.17) is 5.11 Å². The summed E-state index contributed by atoms with van der Waals surface area (Å²) < 4.78 is 52.4. The first kappa shape index (κ1) is 15.3. The van der Waals surface area contributed by atoms with Gasteiger partial charge < -0.3 is 5.11 Å². The number of carboxylic acid groups (broad SMARTS) is 1. The molecule has 0 spiro atoms. The van der Waals surface area contributed by atoms with Crippen LogP contribution >= 0.6 is 15.9 Å². The monoisotopic (exact) mass is 369 g/mol. The second-order valence-electron chi connectivity index (χ2n) is 4.47. The van der Waals surface area contributed by atoms with Gasteiger partial charge in [-0.3, -0.25) is 4.79 Å². The Kier molecular flexibility index (Phi) is 4.12. The van der Waals surface area contributed by atoms with Crippen LogP contribution in [0.4, 0.5) is 8.78 Å². The van der Waals surface area contributed by atoms with E-state index in [2.05, 4.69) is 15.9 Å². The number of carbonyl (C=O) groups is 1. The normalized spacial score (nSPS) is 16.9. The molecule has 1 aromatic carbocycles. The Labute approximate surface area is 122 Å². The van der Waals surface area contributed by atoms with Crippen LogP contribution in [-0.2, 0) is 14.8 Å². The Bertz CT molecular complexity index is 637. The Hall–Kier alpha value is -1.06. The highest BCUT2D eigenvalue weighted by atomic mass is 79.9. The quantitative estimate of drug-likeness (QED) is 0.829. The molecule has 0 bridgehead atoms. The number of carboxylic acids is 1. The molecule has 1 aliphatic carbocycles. The largest absolute Gasteiger partial charge is 0.480 e. The van der Waals surface area contributed by atoms with Crippen molar-refractivity contribution in [1.82, 2.24) is 4.72 Å². The molecule has 0 saturated heterocycles. The van der Waals surface area contributed by atoms with Gasteiger partial charge in [0.25, 0.3) is 0 Å². The van der Waals surface area contributed by atoms with E-state index >= 15 is 0 Å². The molecule has 2 rings (SSSR count). The summed E-state index contributed by atoms with van der Waals surface area (Å²) in [6.07, 6.45) is 1.18. The van der Waals surface area contributed by atoms with Crippen molar-refractivity contribution in [3.05, 3.63) is 28.2 Å². The zero-order valence-corrected chi connectivity index (χ0v) is 12.3. The third-order valence-corrected chi connectivity index (χ3v) is 5.28. The van der Waals surface area contributed by atoms with Crippen LogP contribution in [0.5, 0.6) is 0 Å². The molecular weight excluding hydrogens is 360 g/mol. The van der Waals surface area contributed by atoms with Gasteiger partial charge in [-0.25, -0.2) is 17.2 Å². The van der Waals surface area contributed by atoms with Gasteiger partial charge in [0, 0.05) is 10.5 Å². The highest BCUT2D eigenvalue weighted by molar-refractivity contribution is 9.10. The Morgan fingerprint density at radius 1 is 1.40 bits per heavy atom. The molecule has 1 aromatic rings. The van der Waals surface area contributed by atoms with Crippen LogP contribution in [0.1, 0.15) is 12.8 Å². The smallest absolute Gasteiger partial charge is 0.322 e. The summed E-state index contributed by atoms with van der Waals surface area (Å²) in [5.41, 5.74) is 0. The number of benzene rings is 1. The van der Waals surface area contributed by atoms with Crippen molar-refractivity contribution >= 4 is 31.9 Å². The highest BCUT2D eigenvalue weighted by Crippen LogP contribution is 2.34. The van der Waals surface area contributed by atoms with E-state index in [1.165, 1.54) is 0 Å². The van der Waals surface area contributed by atoms with Crippen molar-refractivity contribution in [2.24, 2.45) is 5.92 Å². The SMILES string of the molecule is O=C(O)C(NS(=O)(=O)c1c(F)cc(F)cc1Br)C1CC1. The molecule has 1 atom stereocenters. The van der Waals surface area contributed by atoms with Crippen LogP contribution in [0.3, 0.4) is 0 Å². The zero-order chi connectivity index (χ0) is 15.1. The number of rotatable bonds is 5. The number of hydrogen-bond acceptors (Lipinski definition) is 3. The summed E-state index contributed by atoms with van der Waals surface area (Å²) in [5.74, 6) is -3.85. The van der Waals surface area contributed by atoms with Gasteiger partial charge in [0.05, 0.1) is 0 Å². The third kappa shape index (κ3) is 3.15. The second kappa shape index (κ2) is 5.38. The molecule has 0 heterocycles. The maximum Gasteiger partial charge on any atom is 0.322 e. The van der Waals surface area contributed by atoms with Crippen molar-refractivity contribution in [3.63, 3.8) is 0 Å². The molecule has 5 nitrogen and oxygen atoms in total. The van der Waals surface area contributed by atoms with Gasteiger partial charge in [0.2, 0.25) is 10.0 Å². The van der Waals surface area contributed by atoms with Crippen LogP contribution in [0.15, 0.2) is 21.5 Å². The number of hydrogen-bond donors (Lipinski definition) is 2. The predicted octanol–water partition coefficient (Wildman–Crippen LogP) is 1.87. The van der Waals surface area contributed by atoms with Crippen molar-refractivity contribution in [2.45, 2.75) is 23.8 Å². The van der Waals surface area contributed by atoms with E-state index in [1.807, 2.05) is 4.72 Å². The molecule has 1 aliphatic rings. The molecular formula is C11H10BrF2NO4S. The molecule has 110 valence electrons. The molecule has 2 N–H and O–H groups in total. The highest BCUT2D eigenvalue weighted by Gasteiger charge is 2.40. The lowest BCUT2D eigenvalue weighted by Crippen LogP contribution is -2.42. The van der Waals surface area contributed by atoms with E-state index in [1.54, 1.807) is 0 Å². The lowest BCUT2D eigenvalue weighted by Gasteiger charge is -2.15. The van der Waals surface area contributed by atoms with Gasteiger partial charge in [0.15, 0.2) is 0 Å². The fourth-order valence-corrected chi connectivity index (χ4v) is 4.21. The lowest BCUT2D eigenvalue weighted by atomic mass is 10.2. The van der Waals surface area contributed by atoms with Crippen LogP contribution in [0.2, 0.25) is 0 Å². The average molecular weight is 370 g/mol. The fraction of sp³-hybridized carbons (Fsp3) is 0.364. The first-order chi connectivity index (χ1) is 9.22. The minimum atomic E-state index is -4.41. The topological polar surface area (TPSA) is 83.5 Å². The Balaban J connectivity index is 2.38. The number of nitrogens with one attached hydrogen (secondary N) is 1. The molecule has 1 saturated carbocycles. The van der Waals surface area contributed by atoms with Crippen molar-refractivity contribution in [1.29, 1.82) is 0 Å². The van der Waals surface area contributed by atoms with Crippen molar-refractivity contribution in [3.8, 4) is 0 Å². The molecule has 0 radical (unpaired) electrons. The Morgan fingerprint density at radius 2 is 2.00 bits per heavy atom. The summed E-state index contributed by atoms with van der Waals surface area (Å²) in [5, 5.41) is 8.98. The summed E-state index contributed by atoms with van der Waals surface area (Å²) in [4.78, 5) is 10.2. The summed E-state index contributed by atoms with van der Waals surface area (Å²) in [7, 11) is -4.41. The minimum Gasteiger partial charge on any atom is -0.480 e. The van der Waals surface area contributed by atoms with Crippen molar-refractivity contribution < 1.29 is 27.1 Å². The summed E-state index contributed by atoms with van der Waals surface area (Å²) in [6.45, 7) is 0. The molecule has 0 aromatic heterocycles. The Morgan fingerprint density at radius 3 is 2.45 bits per heavy atom. The van der Waals surface area contributed by atoms with E-state index < -0.39 is 38.6 Å². The van der Waals surface area contributed by atoms with Crippen LogP contribution < -0.4 is 4.72 Å². The molecule has 20 heavy (non-hydrogen) atoms. The molecule has 0 aliphatic heterocycles. The first-order valence-corrected chi connectivity index (χ1v) is 7.89. The maximum absolute atomic E-state index is 13.6. The fourth-order valence-electron chi connectivity index (χ4n) is 1.79. The van der Waals surface area contributed by atoms with Crippen LogP contribution in [-0.4, -0.2) is 25.5 Å². The van der Waals surface area contributed by atoms with Gasteiger partial charge in [-0.2, -0.15) is 4.72 Å². The van der Waals surface area contributed by atoms with E-state index in [-0.39, 0.29) is 10.4 Å². The first-order valence-electron chi connectivity index (χ1n) is 5.62. The average Bonchev–Trinajstić information content (AvgIpc) is 3.07. The summed E-state index contributed by atoms with van der Waals surface area (Å²) >= 11 is 2.77. The molecule has 0 amide bonds. The van der Waals surface area contributed by atoms with Gasteiger partial charge >= 0.3 is 5.97 Å². The zero-order valence-electron chi connectivity index (χ0n) is 9.94. The van der Waals surface area contributed by atoms with Gasteiger partial charge in [0.1, 0.15) is 22.6 Å². The molecule has 1 fully saturated rings. The standard InChI is InChI=1S/C11H10BrF2NO4S/c12-7-3-6(13)4-8(14)10(7)20(18,19)15-9(11(16)17)5-1-2-5/h3-5,9,15H,1-2H2,(H,16,17). The van der Waals surface area contributed by atoms with Crippen LogP contribution in [0.25, 0.3) is 0 Å². The number of sulfonamides is 1. The van der Waals surface area contributed by atoms with E-state index in [0.29, 0.717) is 18.9 Å². The number of aliphatic carboxylic acids is 1. The lowest BCUT2D eigenvalue weighted by molar-refractivity contribution is -0.139. The van der Waals surface area contributed by atoms with Gasteiger partial charge in [-0.05, 0) is 40.8 Å². The molecule has 9 heteroatoms. The van der Waals surface area contributed by atoms with Gasteiger partial charge in [-0.15, -0.1) is 0 Å². The predicted molar refractivity (Wildman–Crippen MR) is 68.5 cm³/mol.